The molecule has 48 valence electrons. The Hall–Kier alpha value is -0.370. The first-order valence-corrected chi connectivity index (χ1v) is 2.61. The molecule has 0 saturated carbocycles. The third kappa shape index (κ3) is 2.75. The van der Waals surface area contributed by atoms with E-state index in [0.29, 0.717) is 0 Å². The fourth-order valence-corrected chi connectivity index (χ4v) is 0.356. The van der Waals surface area contributed by atoms with Crippen LogP contribution in [0.2, 0.25) is 0 Å². The van der Waals surface area contributed by atoms with Crippen molar-refractivity contribution in [2.45, 2.75) is 25.6 Å². The summed E-state index contributed by atoms with van der Waals surface area (Å²) in [6.45, 7) is 4.76. The first kappa shape index (κ1) is 7.63. The Bertz CT molecular complexity index is 70.9. The lowest BCUT2D eigenvalue weighted by molar-refractivity contribution is 0.0948. The van der Waals surface area contributed by atoms with E-state index >= 15 is 0 Å². The molecule has 0 unspecified atom stereocenters. The number of aliphatic hydroxyl groups is 1. The molecule has 8 heavy (non-hydrogen) atoms. The largest absolute Gasteiger partial charge is 0.390 e. The van der Waals surface area contributed by atoms with E-state index in [2.05, 4.69) is 6.58 Å². The monoisotopic (exact) mass is 118 g/mol. The number of halogens is 1. The molecule has 1 N–H and O–H groups in total. The average Bonchev–Trinajstić information content (AvgIpc) is 1.67. The van der Waals surface area contributed by atoms with Gasteiger partial charge in [0.15, 0.2) is 0 Å². The Morgan fingerprint density at radius 1 is 1.88 bits per heavy atom. The van der Waals surface area contributed by atoms with Gasteiger partial charge >= 0.3 is 0 Å². The van der Waals surface area contributed by atoms with E-state index in [9.17, 15) is 4.39 Å². The first-order chi connectivity index (χ1) is 3.68. The second-order valence-corrected chi connectivity index (χ2v) is 1.78. The fourth-order valence-electron chi connectivity index (χ4n) is 0.356. The summed E-state index contributed by atoms with van der Waals surface area (Å²) in [5.74, 6) is 0. The number of hydrogen-bond acceptors (Lipinski definition) is 1. The van der Waals surface area contributed by atoms with Crippen LogP contribution in [0.1, 0.15) is 13.3 Å². The van der Waals surface area contributed by atoms with Crippen LogP contribution in [-0.4, -0.2) is 17.4 Å². The van der Waals surface area contributed by atoms with E-state index in [1.165, 1.54) is 13.0 Å². The van der Waals surface area contributed by atoms with E-state index in [1.54, 1.807) is 0 Å². The Labute approximate surface area is 48.8 Å². The Kier molecular flexibility index (Phi) is 3.44. The maximum atomic E-state index is 12.2. The molecule has 0 aromatic heterocycles. The molecule has 2 atom stereocenters. The van der Waals surface area contributed by atoms with Crippen molar-refractivity contribution in [3.8, 4) is 0 Å². The van der Waals surface area contributed by atoms with Crippen LogP contribution in [0.25, 0.3) is 0 Å². The van der Waals surface area contributed by atoms with Crippen LogP contribution in [0.4, 0.5) is 4.39 Å². The molecule has 0 aromatic carbocycles. The van der Waals surface area contributed by atoms with Gasteiger partial charge in [-0.2, -0.15) is 0 Å². The van der Waals surface area contributed by atoms with Crippen LogP contribution in [-0.2, 0) is 0 Å². The third-order valence-corrected chi connectivity index (χ3v) is 0.915. The average molecular weight is 118 g/mol. The second kappa shape index (κ2) is 3.61. The second-order valence-electron chi connectivity index (χ2n) is 1.78. The van der Waals surface area contributed by atoms with Crippen molar-refractivity contribution in [3.63, 3.8) is 0 Å². The molecule has 0 aliphatic rings. The fraction of sp³-hybridized carbons (Fsp3) is 0.667. The molecule has 0 heterocycles. The zero-order chi connectivity index (χ0) is 6.57. The number of hydrogen-bond donors (Lipinski definition) is 1. The molecule has 0 bridgehead atoms. The zero-order valence-corrected chi connectivity index (χ0v) is 4.97. The molecule has 0 rings (SSSR count). The number of rotatable bonds is 3. The molecule has 2 heteroatoms. The third-order valence-electron chi connectivity index (χ3n) is 0.915. The predicted octanol–water partition coefficient (Wildman–Crippen LogP) is 1.28. The molecule has 1 nitrogen and oxygen atoms in total. The first-order valence-electron chi connectivity index (χ1n) is 2.61. The van der Waals surface area contributed by atoms with E-state index < -0.39 is 12.3 Å². The molecule has 0 aromatic rings. The van der Waals surface area contributed by atoms with Gasteiger partial charge in [0.05, 0.1) is 6.10 Å². The van der Waals surface area contributed by atoms with Crippen molar-refractivity contribution in [1.82, 2.24) is 0 Å². The summed E-state index contributed by atoms with van der Waals surface area (Å²) in [4.78, 5) is 0. The van der Waals surface area contributed by atoms with Gasteiger partial charge in [0.2, 0.25) is 0 Å². The topological polar surface area (TPSA) is 20.2 Å². The van der Waals surface area contributed by atoms with Gasteiger partial charge in [-0.3, -0.25) is 0 Å². The minimum Gasteiger partial charge on any atom is -0.390 e. The minimum absolute atomic E-state index is 0.234. The SMILES string of the molecule is C=CC[C@@H](F)[C@@H](C)O. The van der Waals surface area contributed by atoms with Crippen molar-refractivity contribution in [3.05, 3.63) is 12.7 Å². The molecule has 0 radical (unpaired) electrons. The summed E-state index contributed by atoms with van der Waals surface area (Å²) in [6.07, 6.45) is -0.324. The Morgan fingerprint density at radius 2 is 2.38 bits per heavy atom. The van der Waals surface area contributed by atoms with Crippen LogP contribution in [0.5, 0.6) is 0 Å². The number of alkyl halides is 1. The van der Waals surface area contributed by atoms with E-state index in [4.69, 9.17) is 5.11 Å². The van der Waals surface area contributed by atoms with Crippen molar-refractivity contribution < 1.29 is 9.50 Å². The summed E-state index contributed by atoms with van der Waals surface area (Å²) in [5, 5.41) is 8.53. The van der Waals surface area contributed by atoms with Crippen molar-refractivity contribution >= 4 is 0 Å². The summed E-state index contributed by atoms with van der Waals surface area (Å²) >= 11 is 0. The summed E-state index contributed by atoms with van der Waals surface area (Å²) in [5.41, 5.74) is 0. The maximum Gasteiger partial charge on any atom is 0.129 e. The smallest absolute Gasteiger partial charge is 0.129 e. The summed E-state index contributed by atoms with van der Waals surface area (Å²) in [6, 6.07) is 0. The molecule has 0 spiro atoms. The van der Waals surface area contributed by atoms with Gasteiger partial charge in [-0.25, -0.2) is 4.39 Å². The van der Waals surface area contributed by atoms with E-state index in [1.807, 2.05) is 0 Å². The van der Waals surface area contributed by atoms with Crippen molar-refractivity contribution in [2.24, 2.45) is 0 Å². The van der Waals surface area contributed by atoms with Gasteiger partial charge in [-0.05, 0) is 13.3 Å². The van der Waals surface area contributed by atoms with Gasteiger partial charge in [-0.1, -0.05) is 6.08 Å². The molecular weight excluding hydrogens is 107 g/mol. The molecule has 0 fully saturated rings. The normalized spacial score (nSPS) is 17.4. The lowest BCUT2D eigenvalue weighted by Crippen LogP contribution is -2.16. The van der Waals surface area contributed by atoms with E-state index in [-0.39, 0.29) is 6.42 Å². The number of allylic oxidation sites excluding steroid dienone is 1. The molecule has 0 saturated heterocycles. The quantitative estimate of drug-likeness (QED) is 0.553. The van der Waals surface area contributed by atoms with Gasteiger partial charge in [0, 0.05) is 0 Å². The molecule has 0 aliphatic carbocycles. The molecule has 0 aliphatic heterocycles. The summed E-state index contributed by atoms with van der Waals surface area (Å²) in [7, 11) is 0. The highest BCUT2D eigenvalue weighted by atomic mass is 19.1. The van der Waals surface area contributed by atoms with Crippen molar-refractivity contribution in [1.29, 1.82) is 0 Å². The Morgan fingerprint density at radius 3 is 2.50 bits per heavy atom. The Balaban J connectivity index is 3.30. The predicted molar refractivity (Wildman–Crippen MR) is 31.4 cm³/mol. The highest BCUT2D eigenvalue weighted by Gasteiger charge is 2.09. The maximum absolute atomic E-state index is 12.2. The minimum atomic E-state index is -1.15. The molecule has 0 amide bonds. The van der Waals surface area contributed by atoms with Crippen LogP contribution in [0.3, 0.4) is 0 Å². The highest BCUT2D eigenvalue weighted by molar-refractivity contribution is 4.75. The number of aliphatic hydroxyl groups excluding tert-OH is 1. The zero-order valence-electron chi connectivity index (χ0n) is 4.97. The standard InChI is InChI=1S/C6H11FO/c1-3-4-6(7)5(2)8/h3,5-6,8H,1,4H2,2H3/t5-,6-/m1/s1. The van der Waals surface area contributed by atoms with Crippen LogP contribution >= 0.6 is 0 Å². The van der Waals surface area contributed by atoms with Gasteiger partial charge < -0.3 is 5.11 Å². The van der Waals surface area contributed by atoms with Gasteiger partial charge in [-0.15, -0.1) is 6.58 Å². The lowest BCUT2D eigenvalue weighted by atomic mass is 10.2. The summed E-state index contributed by atoms with van der Waals surface area (Å²) < 4.78 is 12.2. The van der Waals surface area contributed by atoms with Crippen LogP contribution in [0, 0.1) is 0 Å². The van der Waals surface area contributed by atoms with Crippen molar-refractivity contribution in [2.75, 3.05) is 0 Å². The highest BCUT2D eigenvalue weighted by Crippen LogP contribution is 2.02. The molecular formula is C6H11FO. The van der Waals surface area contributed by atoms with E-state index in [0.717, 1.165) is 0 Å². The van der Waals surface area contributed by atoms with Gasteiger partial charge in [0.25, 0.3) is 0 Å². The lowest BCUT2D eigenvalue weighted by Gasteiger charge is -2.06. The van der Waals surface area contributed by atoms with Gasteiger partial charge in [0.1, 0.15) is 6.17 Å². The van der Waals surface area contributed by atoms with Crippen LogP contribution < -0.4 is 0 Å². The van der Waals surface area contributed by atoms with Crippen LogP contribution in [0.15, 0.2) is 12.7 Å².